The van der Waals surface area contributed by atoms with Crippen LogP contribution in [0.25, 0.3) is 0 Å². The summed E-state index contributed by atoms with van der Waals surface area (Å²) in [5, 5.41) is 50.8. The standard InChI is InChI=1S/C23H28O11/c1-10-14(24)7-12-13(20(28)29)8-32-22(16(10)12)34-23-19(27)18(26)17(25)15(33-23)9-31-21(30)11-5-3-2-4-6-11/h2-6,8,10,12,14-19,22-27H,7,9H2,1H3,(H,28,29)/t10-,12-,14+,15-,16-,17-,18+,19-,22+,23+/m1/s1. The van der Waals surface area contributed by atoms with Crippen molar-refractivity contribution in [2.75, 3.05) is 6.61 Å². The van der Waals surface area contributed by atoms with E-state index in [-0.39, 0.29) is 23.5 Å². The van der Waals surface area contributed by atoms with Gasteiger partial charge in [-0.25, -0.2) is 9.59 Å². The summed E-state index contributed by atoms with van der Waals surface area (Å²) in [6.07, 6.45) is -8.19. The number of carboxylic acid groups (broad SMARTS) is 1. The number of rotatable bonds is 6. The Morgan fingerprint density at radius 3 is 2.41 bits per heavy atom. The van der Waals surface area contributed by atoms with Crippen LogP contribution in [0.5, 0.6) is 0 Å². The number of benzene rings is 1. The van der Waals surface area contributed by atoms with Crippen molar-refractivity contribution in [2.45, 2.75) is 56.4 Å². The van der Waals surface area contributed by atoms with Crippen LogP contribution in [0.3, 0.4) is 0 Å². The highest BCUT2D eigenvalue weighted by atomic mass is 16.8. The zero-order valence-electron chi connectivity index (χ0n) is 18.3. The molecular weight excluding hydrogens is 452 g/mol. The zero-order valence-corrected chi connectivity index (χ0v) is 18.3. The van der Waals surface area contributed by atoms with E-state index in [9.17, 15) is 35.1 Å². The molecule has 0 bridgehead atoms. The molecular formula is C23H28O11. The summed E-state index contributed by atoms with van der Waals surface area (Å²) in [4.78, 5) is 23.8. The van der Waals surface area contributed by atoms with Gasteiger partial charge >= 0.3 is 11.9 Å². The summed E-state index contributed by atoms with van der Waals surface area (Å²) >= 11 is 0. The first-order valence-electron chi connectivity index (χ1n) is 11.0. The summed E-state index contributed by atoms with van der Waals surface area (Å²) in [6, 6.07) is 8.17. The highest BCUT2D eigenvalue weighted by molar-refractivity contribution is 5.89. The Bertz CT molecular complexity index is 919. The fraction of sp³-hybridized carbons (Fsp3) is 0.565. The van der Waals surface area contributed by atoms with Crippen LogP contribution in [0.4, 0.5) is 0 Å². The molecule has 2 heterocycles. The molecule has 2 fully saturated rings. The van der Waals surface area contributed by atoms with Crippen molar-refractivity contribution in [3.8, 4) is 0 Å². The molecule has 0 spiro atoms. The van der Waals surface area contributed by atoms with Crippen molar-refractivity contribution in [2.24, 2.45) is 17.8 Å². The smallest absolute Gasteiger partial charge is 0.338 e. The van der Waals surface area contributed by atoms with Gasteiger partial charge in [0.1, 0.15) is 31.0 Å². The average molecular weight is 480 g/mol. The van der Waals surface area contributed by atoms with E-state index in [2.05, 4.69) is 0 Å². The second kappa shape index (κ2) is 9.98. The predicted molar refractivity (Wildman–Crippen MR) is 112 cm³/mol. The molecule has 0 unspecified atom stereocenters. The molecule has 10 atom stereocenters. The summed E-state index contributed by atoms with van der Waals surface area (Å²) < 4.78 is 22.1. The van der Waals surface area contributed by atoms with Gasteiger partial charge in [-0.1, -0.05) is 25.1 Å². The van der Waals surface area contributed by atoms with E-state index in [4.69, 9.17) is 18.9 Å². The number of aliphatic hydroxyl groups excluding tert-OH is 4. The van der Waals surface area contributed by atoms with Crippen LogP contribution >= 0.6 is 0 Å². The normalized spacial score (nSPS) is 39.5. The van der Waals surface area contributed by atoms with Gasteiger partial charge in [0.2, 0.25) is 6.29 Å². The Labute approximate surface area is 195 Å². The minimum absolute atomic E-state index is 0.0134. The van der Waals surface area contributed by atoms with E-state index in [1.807, 2.05) is 0 Å². The number of carbonyl (C=O) groups excluding carboxylic acids is 1. The van der Waals surface area contributed by atoms with Crippen molar-refractivity contribution in [3.63, 3.8) is 0 Å². The SMILES string of the molecule is C[C@H]1[C@H]2[C@H](O[C@@H]3O[C@H](COC(=O)c4ccccc4)[C@@H](O)[C@H](O)[C@H]3O)OC=C(C(=O)O)[C@H]2C[C@@H]1O. The number of esters is 1. The quantitative estimate of drug-likeness (QED) is 0.336. The van der Waals surface area contributed by atoms with Gasteiger partial charge in [-0.15, -0.1) is 0 Å². The molecule has 1 aromatic carbocycles. The number of fused-ring (bicyclic) bond motifs is 1. The Kier molecular flexibility index (Phi) is 7.22. The first kappa shape index (κ1) is 24.6. The lowest BCUT2D eigenvalue weighted by atomic mass is 9.83. The van der Waals surface area contributed by atoms with Crippen LogP contribution in [0.15, 0.2) is 42.2 Å². The first-order valence-corrected chi connectivity index (χ1v) is 11.0. The van der Waals surface area contributed by atoms with Crippen molar-refractivity contribution >= 4 is 11.9 Å². The molecule has 1 saturated heterocycles. The van der Waals surface area contributed by atoms with E-state index >= 15 is 0 Å². The lowest BCUT2D eigenvalue weighted by Gasteiger charge is -2.43. The maximum atomic E-state index is 12.2. The summed E-state index contributed by atoms with van der Waals surface area (Å²) in [5.41, 5.74) is 0.303. The first-order chi connectivity index (χ1) is 16.2. The van der Waals surface area contributed by atoms with Gasteiger partial charge in [0.25, 0.3) is 0 Å². The lowest BCUT2D eigenvalue weighted by molar-refractivity contribution is -0.342. The van der Waals surface area contributed by atoms with Crippen molar-refractivity contribution in [1.29, 1.82) is 0 Å². The molecule has 0 amide bonds. The Hall–Kier alpha value is -2.54. The Morgan fingerprint density at radius 2 is 1.74 bits per heavy atom. The summed E-state index contributed by atoms with van der Waals surface area (Å²) in [5.74, 6) is -3.30. The van der Waals surface area contributed by atoms with Crippen molar-refractivity contribution in [1.82, 2.24) is 0 Å². The number of hydrogen-bond acceptors (Lipinski definition) is 10. The molecule has 2 aliphatic heterocycles. The topological polar surface area (TPSA) is 172 Å². The van der Waals surface area contributed by atoms with Gasteiger partial charge in [0, 0.05) is 11.8 Å². The van der Waals surface area contributed by atoms with Gasteiger partial charge < -0.3 is 44.5 Å². The number of aliphatic hydroxyl groups is 4. The van der Waals surface area contributed by atoms with Gasteiger partial charge in [-0.05, 0) is 24.5 Å². The number of carbonyl (C=O) groups is 2. The van der Waals surface area contributed by atoms with E-state index in [1.54, 1.807) is 37.3 Å². The van der Waals surface area contributed by atoms with Crippen LogP contribution < -0.4 is 0 Å². The van der Waals surface area contributed by atoms with Crippen LogP contribution in [0.2, 0.25) is 0 Å². The molecule has 186 valence electrons. The summed E-state index contributed by atoms with van der Waals surface area (Å²) in [6.45, 7) is 1.32. The molecule has 5 N–H and O–H groups in total. The molecule has 34 heavy (non-hydrogen) atoms. The highest BCUT2D eigenvalue weighted by Gasteiger charge is 2.53. The summed E-state index contributed by atoms with van der Waals surface area (Å²) in [7, 11) is 0. The van der Waals surface area contributed by atoms with Gasteiger partial charge in [0.05, 0.1) is 23.5 Å². The van der Waals surface area contributed by atoms with E-state index < -0.39 is 73.5 Å². The fourth-order valence-electron chi connectivity index (χ4n) is 4.79. The number of hydrogen-bond donors (Lipinski definition) is 5. The number of aliphatic carboxylic acids is 1. The van der Waals surface area contributed by atoms with Gasteiger partial charge in [-0.3, -0.25) is 0 Å². The molecule has 11 nitrogen and oxygen atoms in total. The molecule has 11 heteroatoms. The monoisotopic (exact) mass is 480 g/mol. The minimum Gasteiger partial charge on any atom is -0.478 e. The second-order valence-electron chi connectivity index (χ2n) is 8.84. The van der Waals surface area contributed by atoms with Gasteiger partial charge in [-0.2, -0.15) is 0 Å². The van der Waals surface area contributed by atoms with Crippen LogP contribution in [-0.4, -0.2) is 87.2 Å². The van der Waals surface area contributed by atoms with Crippen molar-refractivity contribution < 1.29 is 54.1 Å². The van der Waals surface area contributed by atoms with Crippen LogP contribution in [-0.2, 0) is 23.7 Å². The van der Waals surface area contributed by atoms with E-state index in [0.717, 1.165) is 6.26 Å². The largest absolute Gasteiger partial charge is 0.478 e. The Morgan fingerprint density at radius 1 is 1.03 bits per heavy atom. The second-order valence-corrected chi connectivity index (χ2v) is 8.84. The van der Waals surface area contributed by atoms with Gasteiger partial charge in [0.15, 0.2) is 6.29 Å². The number of ether oxygens (including phenoxy) is 4. The van der Waals surface area contributed by atoms with Crippen molar-refractivity contribution in [3.05, 3.63) is 47.7 Å². The fourth-order valence-corrected chi connectivity index (χ4v) is 4.79. The zero-order chi connectivity index (χ0) is 24.6. The molecule has 1 aliphatic carbocycles. The molecule has 1 aromatic rings. The molecule has 3 aliphatic rings. The molecule has 0 radical (unpaired) electrons. The van der Waals surface area contributed by atoms with Crippen LogP contribution in [0, 0.1) is 17.8 Å². The maximum Gasteiger partial charge on any atom is 0.338 e. The third-order valence-electron chi connectivity index (χ3n) is 6.79. The Balaban J connectivity index is 1.45. The highest BCUT2D eigenvalue weighted by Crippen LogP contribution is 2.47. The lowest BCUT2D eigenvalue weighted by Crippen LogP contribution is -2.60. The van der Waals surface area contributed by atoms with E-state index in [1.165, 1.54) is 0 Å². The molecule has 4 rings (SSSR count). The van der Waals surface area contributed by atoms with E-state index in [0.29, 0.717) is 0 Å². The third kappa shape index (κ3) is 4.67. The molecule has 0 aromatic heterocycles. The number of carboxylic acids is 1. The third-order valence-corrected chi connectivity index (χ3v) is 6.79. The molecule has 1 saturated carbocycles. The van der Waals surface area contributed by atoms with Crippen LogP contribution in [0.1, 0.15) is 23.7 Å². The average Bonchev–Trinajstić information content (AvgIpc) is 3.13. The predicted octanol–water partition coefficient (Wildman–Crippen LogP) is -0.375. The minimum atomic E-state index is -1.67. The maximum absolute atomic E-state index is 12.2.